The molecule has 3 heterocycles. The van der Waals surface area contributed by atoms with Gasteiger partial charge in [-0.3, -0.25) is 15.1 Å². The lowest BCUT2D eigenvalue weighted by Gasteiger charge is -2.11. The summed E-state index contributed by atoms with van der Waals surface area (Å²) in [6.45, 7) is 0.447. The third kappa shape index (κ3) is 4.28. The predicted molar refractivity (Wildman–Crippen MR) is 118 cm³/mol. The molecule has 0 bridgehead atoms. The van der Waals surface area contributed by atoms with E-state index >= 15 is 0 Å². The maximum Gasteiger partial charge on any atom is 0.169 e. The average Bonchev–Trinajstić information content (AvgIpc) is 3.11. The molecule has 0 aliphatic carbocycles. The third-order valence-corrected chi connectivity index (χ3v) is 4.66. The standard InChI is InChI=1S/C20H17ClN6OS/c21-15-5-3-8-24-17(15)12-10-14-18(26-27-19(14)25-20(22)29)16(11-12)28-9-6-13-4-1-2-7-23-13/h1-5,7-8,10-11H,6,9H2,(H4,22,25,26,27,29). The van der Waals surface area contributed by atoms with Crippen LogP contribution in [0, 0.1) is 0 Å². The Morgan fingerprint density at radius 3 is 2.79 bits per heavy atom. The molecular weight excluding hydrogens is 408 g/mol. The van der Waals surface area contributed by atoms with E-state index < -0.39 is 0 Å². The van der Waals surface area contributed by atoms with E-state index in [4.69, 9.17) is 34.3 Å². The molecule has 3 aromatic heterocycles. The van der Waals surface area contributed by atoms with E-state index in [1.54, 1.807) is 24.5 Å². The number of halogens is 1. The first kappa shape index (κ1) is 19.1. The molecule has 9 heteroatoms. The Morgan fingerprint density at radius 2 is 2.03 bits per heavy atom. The highest BCUT2D eigenvalue weighted by atomic mass is 35.5. The molecule has 0 saturated carbocycles. The molecule has 4 aromatic rings. The first-order valence-electron chi connectivity index (χ1n) is 8.84. The largest absolute Gasteiger partial charge is 0.491 e. The van der Waals surface area contributed by atoms with Crippen LogP contribution in [0.1, 0.15) is 5.69 Å². The van der Waals surface area contributed by atoms with Gasteiger partial charge < -0.3 is 15.8 Å². The Kier molecular flexibility index (Phi) is 5.55. The normalized spacial score (nSPS) is 10.8. The van der Waals surface area contributed by atoms with Crippen molar-refractivity contribution in [2.45, 2.75) is 6.42 Å². The van der Waals surface area contributed by atoms with Crippen molar-refractivity contribution in [1.29, 1.82) is 0 Å². The summed E-state index contributed by atoms with van der Waals surface area (Å²) in [4.78, 5) is 8.72. The number of benzene rings is 1. The zero-order valence-corrected chi connectivity index (χ0v) is 16.8. The van der Waals surface area contributed by atoms with Crippen molar-refractivity contribution >= 4 is 45.7 Å². The van der Waals surface area contributed by atoms with Crippen molar-refractivity contribution < 1.29 is 4.74 Å². The molecule has 146 valence electrons. The van der Waals surface area contributed by atoms with Crippen LogP contribution in [-0.2, 0) is 6.42 Å². The van der Waals surface area contributed by atoms with Crippen LogP contribution < -0.4 is 15.8 Å². The summed E-state index contributed by atoms with van der Waals surface area (Å²) in [6.07, 6.45) is 4.12. The number of H-pyrrole nitrogens is 1. The number of pyridine rings is 2. The number of aromatic amines is 1. The summed E-state index contributed by atoms with van der Waals surface area (Å²) in [5, 5.41) is 11.6. The summed E-state index contributed by atoms with van der Waals surface area (Å²) in [7, 11) is 0. The molecular formula is C20H17ClN6OS. The van der Waals surface area contributed by atoms with Gasteiger partial charge in [0.25, 0.3) is 0 Å². The average molecular weight is 425 g/mol. The number of thiocarbonyl (C=S) groups is 1. The molecule has 4 rings (SSSR count). The molecule has 0 aliphatic rings. The number of hydrogen-bond donors (Lipinski definition) is 3. The first-order valence-corrected chi connectivity index (χ1v) is 9.62. The molecule has 0 fully saturated rings. The topological polar surface area (TPSA) is 102 Å². The maximum atomic E-state index is 6.35. The minimum Gasteiger partial charge on any atom is -0.491 e. The van der Waals surface area contributed by atoms with E-state index in [2.05, 4.69) is 25.5 Å². The third-order valence-electron chi connectivity index (χ3n) is 4.25. The smallest absolute Gasteiger partial charge is 0.169 e. The van der Waals surface area contributed by atoms with Gasteiger partial charge in [-0.15, -0.1) is 0 Å². The molecule has 1 aromatic carbocycles. The first-order chi connectivity index (χ1) is 14.1. The van der Waals surface area contributed by atoms with Crippen molar-refractivity contribution in [3.05, 3.63) is 65.6 Å². The quantitative estimate of drug-likeness (QED) is 0.403. The molecule has 4 N–H and O–H groups in total. The van der Waals surface area contributed by atoms with Crippen molar-refractivity contribution in [3.8, 4) is 17.0 Å². The number of nitrogens with two attached hydrogens (primary N) is 1. The molecule has 0 amide bonds. The molecule has 0 aliphatic heterocycles. The lowest BCUT2D eigenvalue weighted by Crippen LogP contribution is -2.19. The Bertz CT molecular complexity index is 1160. The van der Waals surface area contributed by atoms with Gasteiger partial charge in [-0.2, -0.15) is 5.10 Å². The number of rotatable bonds is 6. The van der Waals surface area contributed by atoms with Crippen molar-refractivity contribution in [2.75, 3.05) is 11.9 Å². The summed E-state index contributed by atoms with van der Waals surface area (Å²) in [6, 6.07) is 13.2. The van der Waals surface area contributed by atoms with Gasteiger partial charge in [0, 0.05) is 35.5 Å². The highest BCUT2D eigenvalue weighted by Gasteiger charge is 2.16. The highest BCUT2D eigenvalue weighted by molar-refractivity contribution is 7.80. The fourth-order valence-corrected chi connectivity index (χ4v) is 3.29. The number of hydrogen-bond acceptors (Lipinski definition) is 5. The van der Waals surface area contributed by atoms with Crippen LogP contribution in [0.25, 0.3) is 22.2 Å². The van der Waals surface area contributed by atoms with Gasteiger partial charge in [0.2, 0.25) is 0 Å². The second-order valence-corrected chi connectivity index (χ2v) is 7.06. The Morgan fingerprint density at radius 1 is 1.17 bits per heavy atom. The van der Waals surface area contributed by atoms with Crippen molar-refractivity contribution in [3.63, 3.8) is 0 Å². The van der Waals surface area contributed by atoms with Gasteiger partial charge >= 0.3 is 0 Å². The molecule has 0 spiro atoms. The number of fused-ring (bicyclic) bond motifs is 1. The molecule has 0 atom stereocenters. The highest BCUT2D eigenvalue weighted by Crippen LogP contribution is 2.36. The lowest BCUT2D eigenvalue weighted by atomic mass is 10.1. The van der Waals surface area contributed by atoms with Crippen LogP contribution in [0.15, 0.2) is 54.9 Å². The fourth-order valence-electron chi connectivity index (χ4n) is 2.96. The van der Waals surface area contributed by atoms with E-state index in [9.17, 15) is 0 Å². The van der Waals surface area contributed by atoms with E-state index in [0.29, 0.717) is 35.3 Å². The SMILES string of the molecule is NC(=S)Nc1n[nH]c2c(OCCc3ccccn3)cc(-c3ncccc3Cl)cc12. The second-order valence-electron chi connectivity index (χ2n) is 6.21. The minimum absolute atomic E-state index is 0.122. The van der Waals surface area contributed by atoms with Crippen molar-refractivity contribution in [1.82, 2.24) is 20.2 Å². The van der Waals surface area contributed by atoms with Gasteiger partial charge in [0.05, 0.1) is 17.3 Å². The summed E-state index contributed by atoms with van der Waals surface area (Å²) >= 11 is 11.3. The number of nitrogens with zero attached hydrogens (tertiary/aromatic N) is 3. The zero-order chi connectivity index (χ0) is 20.2. The second kappa shape index (κ2) is 8.42. The van der Waals surface area contributed by atoms with Crippen LogP contribution in [0.4, 0.5) is 5.82 Å². The Hall–Kier alpha value is -3.23. The van der Waals surface area contributed by atoms with Crippen LogP contribution >= 0.6 is 23.8 Å². The van der Waals surface area contributed by atoms with Gasteiger partial charge in [-0.05, 0) is 48.6 Å². The van der Waals surface area contributed by atoms with Crippen LogP contribution in [-0.4, -0.2) is 31.9 Å². The Balaban J connectivity index is 1.72. The lowest BCUT2D eigenvalue weighted by molar-refractivity contribution is 0.324. The van der Waals surface area contributed by atoms with E-state index in [-0.39, 0.29) is 5.11 Å². The zero-order valence-electron chi connectivity index (χ0n) is 15.2. The number of aromatic nitrogens is 4. The van der Waals surface area contributed by atoms with Gasteiger partial charge in [-0.1, -0.05) is 17.7 Å². The van der Waals surface area contributed by atoms with E-state index in [1.165, 1.54) is 0 Å². The molecule has 7 nitrogen and oxygen atoms in total. The van der Waals surface area contributed by atoms with Crippen molar-refractivity contribution in [2.24, 2.45) is 5.73 Å². The van der Waals surface area contributed by atoms with Gasteiger partial charge in [0.1, 0.15) is 11.3 Å². The molecule has 0 saturated heterocycles. The van der Waals surface area contributed by atoms with E-state index in [1.807, 2.05) is 30.3 Å². The maximum absolute atomic E-state index is 6.35. The number of anilines is 1. The molecule has 0 radical (unpaired) electrons. The van der Waals surface area contributed by atoms with Crippen LogP contribution in [0.5, 0.6) is 5.75 Å². The monoisotopic (exact) mass is 424 g/mol. The van der Waals surface area contributed by atoms with Crippen LogP contribution in [0.2, 0.25) is 5.02 Å². The summed E-state index contributed by atoms with van der Waals surface area (Å²) < 4.78 is 6.07. The molecule has 0 unspecified atom stereocenters. The summed E-state index contributed by atoms with van der Waals surface area (Å²) in [5.74, 6) is 1.13. The summed E-state index contributed by atoms with van der Waals surface area (Å²) in [5.41, 5.74) is 8.74. The van der Waals surface area contributed by atoms with Gasteiger partial charge in [-0.25, -0.2) is 0 Å². The number of nitrogens with one attached hydrogen (secondary N) is 2. The van der Waals surface area contributed by atoms with Gasteiger partial charge in [0.15, 0.2) is 10.9 Å². The Labute approximate surface area is 177 Å². The molecule has 29 heavy (non-hydrogen) atoms. The van der Waals surface area contributed by atoms with Crippen LogP contribution in [0.3, 0.4) is 0 Å². The minimum atomic E-state index is 0.122. The fraction of sp³-hybridized carbons (Fsp3) is 0.100. The number of ether oxygens (including phenoxy) is 1. The predicted octanol–water partition coefficient (Wildman–Crippen LogP) is 3.95. The van der Waals surface area contributed by atoms with E-state index in [0.717, 1.165) is 22.2 Å².